The Bertz CT molecular complexity index is 527. The van der Waals surface area contributed by atoms with Crippen molar-refractivity contribution in [2.75, 3.05) is 0 Å². The van der Waals surface area contributed by atoms with Crippen molar-refractivity contribution in [2.45, 2.75) is 26.4 Å². The normalized spacial score (nSPS) is 10.8. The highest BCUT2D eigenvalue weighted by atomic mass is 79.9. The largest absolute Gasteiger partial charge is 0.444 e. The van der Waals surface area contributed by atoms with Crippen LogP contribution in [0.25, 0.3) is 0 Å². The van der Waals surface area contributed by atoms with E-state index in [1.54, 1.807) is 6.20 Å². The number of aromatic nitrogens is 1. The minimum atomic E-state index is 0.619. The number of nitrogens with zero attached hydrogens (tertiary/aromatic N) is 1. The second-order valence-electron chi connectivity index (χ2n) is 3.93. The number of aryl methyl sites for hydroxylation is 1. The molecule has 2 rings (SSSR count). The van der Waals surface area contributed by atoms with Crippen molar-refractivity contribution < 1.29 is 4.42 Å². The highest BCUT2D eigenvalue weighted by molar-refractivity contribution is 9.10. The van der Waals surface area contributed by atoms with Gasteiger partial charge in [0.2, 0.25) is 5.89 Å². The second-order valence-corrected chi connectivity index (χ2v) is 5.19. The van der Waals surface area contributed by atoms with Crippen LogP contribution in [0, 0.1) is 0 Å². The summed E-state index contributed by atoms with van der Waals surface area (Å²) in [5.74, 6) is 1.63. The van der Waals surface area contributed by atoms with Crippen molar-refractivity contribution in [1.29, 1.82) is 0 Å². The number of benzene rings is 1. The first kappa shape index (κ1) is 13.6. The molecular formula is C13H14BrClN2O. The summed E-state index contributed by atoms with van der Waals surface area (Å²) in [7, 11) is 0. The van der Waals surface area contributed by atoms with Crippen LogP contribution in [0.5, 0.6) is 0 Å². The summed E-state index contributed by atoms with van der Waals surface area (Å²) in [6.45, 7) is 3.39. The average molecular weight is 330 g/mol. The molecule has 0 unspecified atom stereocenters. The fraction of sp³-hybridized carbons (Fsp3) is 0.308. The van der Waals surface area contributed by atoms with E-state index in [9.17, 15) is 0 Å². The molecule has 0 spiro atoms. The predicted molar refractivity (Wildman–Crippen MR) is 75.6 cm³/mol. The van der Waals surface area contributed by atoms with Crippen LogP contribution in [0.2, 0.25) is 5.02 Å². The Labute approximate surface area is 120 Å². The summed E-state index contributed by atoms with van der Waals surface area (Å²) in [6, 6.07) is 5.90. The summed E-state index contributed by atoms with van der Waals surface area (Å²) >= 11 is 9.39. The molecule has 0 aliphatic heterocycles. The number of rotatable bonds is 5. The molecule has 0 atom stereocenters. The summed E-state index contributed by atoms with van der Waals surface area (Å²) in [5.41, 5.74) is 1.13. The summed E-state index contributed by atoms with van der Waals surface area (Å²) in [4.78, 5) is 4.19. The number of hydrogen-bond donors (Lipinski definition) is 1. The van der Waals surface area contributed by atoms with E-state index in [1.165, 1.54) is 0 Å². The quantitative estimate of drug-likeness (QED) is 0.903. The Morgan fingerprint density at radius 3 is 2.89 bits per heavy atom. The predicted octanol–water partition coefficient (Wildman–Crippen LogP) is 3.94. The zero-order chi connectivity index (χ0) is 13.0. The maximum atomic E-state index is 6.03. The fourth-order valence-corrected chi connectivity index (χ4v) is 2.01. The first-order chi connectivity index (χ1) is 8.69. The smallest absolute Gasteiger partial charge is 0.208 e. The molecule has 0 saturated carbocycles. The third-order valence-corrected chi connectivity index (χ3v) is 3.77. The SMILES string of the molecule is CCc1cnc(CNCc2ccc(Br)c(Cl)c2)o1. The molecule has 96 valence electrons. The van der Waals surface area contributed by atoms with Crippen LogP contribution in [-0.4, -0.2) is 4.98 Å². The number of nitrogens with one attached hydrogen (secondary N) is 1. The first-order valence-electron chi connectivity index (χ1n) is 5.77. The van der Waals surface area contributed by atoms with E-state index in [0.29, 0.717) is 6.54 Å². The van der Waals surface area contributed by atoms with E-state index in [2.05, 4.69) is 26.2 Å². The van der Waals surface area contributed by atoms with Crippen LogP contribution in [0.4, 0.5) is 0 Å². The van der Waals surface area contributed by atoms with Gasteiger partial charge in [0, 0.05) is 17.4 Å². The Balaban J connectivity index is 1.86. The molecule has 0 bridgehead atoms. The van der Waals surface area contributed by atoms with E-state index in [4.69, 9.17) is 16.0 Å². The van der Waals surface area contributed by atoms with Crippen LogP contribution in [0.3, 0.4) is 0 Å². The summed E-state index contributed by atoms with van der Waals surface area (Å²) < 4.78 is 6.42. The van der Waals surface area contributed by atoms with Crippen molar-refractivity contribution in [1.82, 2.24) is 10.3 Å². The maximum absolute atomic E-state index is 6.03. The Hall–Kier alpha value is -0.840. The monoisotopic (exact) mass is 328 g/mol. The molecule has 0 radical (unpaired) electrons. The van der Waals surface area contributed by atoms with Crippen molar-refractivity contribution in [2.24, 2.45) is 0 Å². The van der Waals surface area contributed by atoms with Gasteiger partial charge in [-0.15, -0.1) is 0 Å². The lowest BCUT2D eigenvalue weighted by Gasteiger charge is -2.04. The van der Waals surface area contributed by atoms with Gasteiger partial charge in [-0.1, -0.05) is 24.6 Å². The summed E-state index contributed by atoms with van der Waals surface area (Å²) in [6.07, 6.45) is 2.64. The second kappa shape index (κ2) is 6.36. The van der Waals surface area contributed by atoms with Gasteiger partial charge < -0.3 is 9.73 Å². The van der Waals surface area contributed by atoms with Gasteiger partial charge in [-0.05, 0) is 33.6 Å². The molecule has 0 aliphatic carbocycles. The molecule has 0 saturated heterocycles. The van der Waals surface area contributed by atoms with Crippen molar-refractivity contribution in [3.8, 4) is 0 Å². The van der Waals surface area contributed by atoms with Gasteiger partial charge in [0.1, 0.15) is 5.76 Å². The molecule has 2 aromatic rings. The number of halogens is 2. The lowest BCUT2D eigenvalue weighted by Crippen LogP contribution is -2.12. The third kappa shape index (κ3) is 3.57. The van der Waals surface area contributed by atoms with Gasteiger partial charge in [0.25, 0.3) is 0 Å². The lowest BCUT2D eigenvalue weighted by atomic mass is 10.2. The van der Waals surface area contributed by atoms with Gasteiger partial charge in [0.15, 0.2) is 0 Å². The molecule has 0 amide bonds. The van der Waals surface area contributed by atoms with E-state index in [0.717, 1.165) is 39.7 Å². The minimum absolute atomic E-state index is 0.619. The van der Waals surface area contributed by atoms with E-state index in [-0.39, 0.29) is 0 Å². The Morgan fingerprint density at radius 2 is 2.22 bits per heavy atom. The zero-order valence-corrected chi connectivity index (χ0v) is 12.4. The van der Waals surface area contributed by atoms with Crippen LogP contribution in [-0.2, 0) is 19.5 Å². The van der Waals surface area contributed by atoms with Crippen LogP contribution in [0.1, 0.15) is 24.1 Å². The van der Waals surface area contributed by atoms with Crippen LogP contribution >= 0.6 is 27.5 Å². The van der Waals surface area contributed by atoms with Gasteiger partial charge in [-0.25, -0.2) is 4.98 Å². The summed E-state index contributed by atoms with van der Waals surface area (Å²) in [5, 5.41) is 3.99. The van der Waals surface area contributed by atoms with Gasteiger partial charge in [-0.3, -0.25) is 0 Å². The Kier molecular flexibility index (Phi) is 4.80. The first-order valence-corrected chi connectivity index (χ1v) is 6.94. The highest BCUT2D eigenvalue weighted by Gasteiger charge is 2.03. The van der Waals surface area contributed by atoms with Gasteiger partial charge >= 0.3 is 0 Å². The minimum Gasteiger partial charge on any atom is -0.444 e. The van der Waals surface area contributed by atoms with E-state index >= 15 is 0 Å². The molecule has 5 heteroatoms. The molecule has 1 N–H and O–H groups in total. The topological polar surface area (TPSA) is 38.1 Å². The third-order valence-electron chi connectivity index (χ3n) is 2.54. The molecule has 0 aliphatic rings. The molecule has 1 aromatic carbocycles. The zero-order valence-electron chi connectivity index (χ0n) is 10.0. The number of oxazole rings is 1. The fourth-order valence-electron chi connectivity index (χ4n) is 1.56. The van der Waals surface area contributed by atoms with E-state index < -0.39 is 0 Å². The molecule has 1 aromatic heterocycles. The van der Waals surface area contributed by atoms with Crippen LogP contribution < -0.4 is 5.32 Å². The Morgan fingerprint density at radius 1 is 1.39 bits per heavy atom. The molecule has 1 heterocycles. The highest BCUT2D eigenvalue weighted by Crippen LogP contribution is 2.23. The molecular weight excluding hydrogens is 316 g/mol. The average Bonchev–Trinajstić information content (AvgIpc) is 2.82. The van der Waals surface area contributed by atoms with Gasteiger partial charge in [-0.2, -0.15) is 0 Å². The van der Waals surface area contributed by atoms with Crippen LogP contribution in [0.15, 0.2) is 33.3 Å². The van der Waals surface area contributed by atoms with Crippen molar-refractivity contribution in [3.05, 3.63) is 51.1 Å². The molecule has 18 heavy (non-hydrogen) atoms. The molecule has 0 fully saturated rings. The van der Waals surface area contributed by atoms with Crippen molar-refractivity contribution in [3.63, 3.8) is 0 Å². The van der Waals surface area contributed by atoms with E-state index in [1.807, 2.05) is 25.1 Å². The van der Waals surface area contributed by atoms with Crippen molar-refractivity contribution >= 4 is 27.5 Å². The maximum Gasteiger partial charge on any atom is 0.208 e. The standard InChI is InChI=1S/C13H14BrClN2O/c1-2-10-7-17-13(18-10)8-16-6-9-3-4-11(14)12(15)5-9/h3-5,7,16H,2,6,8H2,1H3. The van der Waals surface area contributed by atoms with Gasteiger partial charge in [0.05, 0.1) is 17.8 Å². The lowest BCUT2D eigenvalue weighted by molar-refractivity contribution is 0.439. The number of hydrogen-bond acceptors (Lipinski definition) is 3. The molecule has 3 nitrogen and oxygen atoms in total.